The van der Waals surface area contributed by atoms with Gasteiger partial charge in [-0.15, -0.1) is 0 Å². The topological polar surface area (TPSA) is 35.5 Å². The molecule has 1 fully saturated rings. The molecule has 3 nitrogen and oxygen atoms in total. The van der Waals surface area contributed by atoms with E-state index >= 15 is 0 Å². The van der Waals surface area contributed by atoms with Crippen molar-refractivity contribution >= 4 is 21.9 Å². The van der Waals surface area contributed by atoms with Crippen LogP contribution in [0.15, 0.2) is 22.7 Å². The van der Waals surface area contributed by atoms with Crippen molar-refractivity contribution in [1.82, 2.24) is 0 Å². The van der Waals surface area contributed by atoms with Crippen LogP contribution in [-0.4, -0.2) is 25.3 Å². The molecule has 0 spiro atoms. The third-order valence-corrected chi connectivity index (χ3v) is 2.97. The molecular weight excluding hydrogens is 279 g/mol. The lowest BCUT2D eigenvalue weighted by molar-refractivity contribution is 0.0269. The molecule has 1 atom stereocenters. The van der Waals surface area contributed by atoms with Crippen LogP contribution in [0.5, 0.6) is 0 Å². The van der Waals surface area contributed by atoms with Crippen LogP contribution in [0.25, 0.3) is 0 Å². The van der Waals surface area contributed by atoms with Gasteiger partial charge >= 0.3 is 5.97 Å². The Bertz CT molecular complexity index is 402. The Morgan fingerprint density at radius 1 is 1.56 bits per heavy atom. The standard InChI is InChI=1S/C11H10BrFO3/c12-10-5-7(13)1-2-9(10)11(14)16-8-3-4-15-6-8/h1-2,5,8H,3-4,6H2. The highest BCUT2D eigenvalue weighted by atomic mass is 79.9. The molecule has 0 saturated carbocycles. The number of halogens is 2. The molecule has 0 aliphatic carbocycles. The Morgan fingerprint density at radius 3 is 3.00 bits per heavy atom. The molecule has 0 aromatic heterocycles. The van der Waals surface area contributed by atoms with E-state index in [0.717, 1.165) is 0 Å². The molecule has 16 heavy (non-hydrogen) atoms. The fraction of sp³-hybridized carbons (Fsp3) is 0.364. The summed E-state index contributed by atoms with van der Waals surface area (Å²) in [6.07, 6.45) is 0.523. The maximum atomic E-state index is 12.8. The van der Waals surface area contributed by atoms with Crippen LogP contribution in [0.3, 0.4) is 0 Å². The zero-order valence-corrected chi connectivity index (χ0v) is 10.00. The molecule has 1 heterocycles. The van der Waals surface area contributed by atoms with E-state index in [2.05, 4.69) is 15.9 Å². The van der Waals surface area contributed by atoms with Gasteiger partial charge in [0.05, 0.1) is 18.8 Å². The Balaban J connectivity index is 2.08. The molecule has 0 radical (unpaired) electrons. The van der Waals surface area contributed by atoms with E-state index in [4.69, 9.17) is 9.47 Å². The zero-order chi connectivity index (χ0) is 11.5. The van der Waals surface area contributed by atoms with E-state index in [9.17, 15) is 9.18 Å². The van der Waals surface area contributed by atoms with E-state index in [1.165, 1.54) is 18.2 Å². The van der Waals surface area contributed by atoms with Gasteiger partial charge < -0.3 is 9.47 Å². The molecular formula is C11H10BrFO3. The number of hydrogen-bond acceptors (Lipinski definition) is 3. The van der Waals surface area contributed by atoms with E-state index in [0.29, 0.717) is 29.7 Å². The van der Waals surface area contributed by atoms with Crippen molar-refractivity contribution in [2.24, 2.45) is 0 Å². The third kappa shape index (κ3) is 2.59. The Labute approximate surface area is 101 Å². The van der Waals surface area contributed by atoms with Gasteiger partial charge in [0.2, 0.25) is 0 Å². The van der Waals surface area contributed by atoms with E-state index < -0.39 is 11.8 Å². The summed E-state index contributed by atoms with van der Waals surface area (Å²) in [4.78, 5) is 11.7. The van der Waals surface area contributed by atoms with E-state index in [1.54, 1.807) is 0 Å². The molecule has 86 valence electrons. The van der Waals surface area contributed by atoms with Gasteiger partial charge in [0.15, 0.2) is 0 Å². The monoisotopic (exact) mass is 288 g/mol. The number of benzene rings is 1. The second kappa shape index (κ2) is 4.93. The number of ether oxygens (including phenoxy) is 2. The first-order chi connectivity index (χ1) is 7.66. The smallest absolute Gasteiger partial charge is 0.339 e. The lowest BCUT2D eigenvalue weighted by atomic mass is 10.2. The molecule has 0 amide bonds. The van der Waals surface area contributed by atoms with Crippen LogP contribution in [0.2, 0.25) is 0 Å². The van der Waals surface area contributed by atoms with Gasteiger partial charge in [0, 0.05) is 10.9 Å². The van der Waals surface area contributed by atoms with Gasteiger partial charge in [-0.3, -0.25) is 0 Å². The first kappa shape index (κ1) is 11.5. The second-order valence-electron chi connectivity index (χ2n) is 3.52. The van der Waals surface area contributed by atoms with Crippen molar-refractivity contribution in [3.63, 3.8) is 0 Å². The first-order valence-corrected chi connectivity index (χ1v) is 5.70. The van der Waals surface area contributed by atoms with Crippen molar-refractivity contribution in [2.75, 3.05) is 13.2 Å². The minimum atomic E-state index is -0.456. The maximum absolute atomic E-state index is 12.8. The average Bonchev–Trinajstić information content (AvgIpc) is 2.70. The molecule has 1 aliphatic heterocycles. The van der Waals surface area contributed by atoms with Gasteiger partial charge in [-0.05, 0) is 34.1 Å². The molecule has 0 bridgehead atoms. The first-order valence-electron chi connectivity index (χ1n) is 4.90. The van der Waals surface area contributed by atoms with Crippen molar-refractivity contribution < 1.29 is 18.7 Å². The minimum absolute atomic E-state index is 0.190. The second-order valence-corrected chi connectivity index (χ2v) is 4.37. The van der Waals surface area contributed by atoms with Gasteiger partial charge in [-0.1, -0.05) is 0 Å². The average molecular weight is 289 g/mol. The number of carbonyl (C=O) groups is 1. The third-order valence-electron chi connectivity index (χ3n) is 2.31. The number of hydrogen-bond donors (Lipinski definition) is 0. The molecule has 1 aliphatic rings. The van der Waals surface area contributed by atoms with Gasteiger partial charge in [0.25, 0.3) is 0 Å². The SMILES string of the molecule is O=C(OC1CCOC1)c1ccc(F)cc1Br. The Hall–Kier alpha value is -0.940. The Morgan fingerprint density at radius 2 is 2.38 bits per heavy atom. The van der Waals surface area contributed by atoms with Crippen LogP contribution in [0, 0.1) is 5.82 Å². The van der Waals surface area contributed by atoms with E-state index in [-0.39, 0.29) is 6.10 Å². The van der Waals surface area contributed by atoms with Crippen molar-refractivity contribution in [2.45, 2.75) is 12.5 Å². The summed E-state index contributed by atoms with van der Waals surface area (Å²) in [6, 6.07) is 3.87. The summed E-state index contributed by atoms with van der Waals surface area (Å²) >= 11 is 3.13. The lowest BCUT2D eigenvalue weighted by Crippen LogP contribution is -2.18. The van der Waals surface area contributed by atoms with Gasteiger partial charge in [-0.25, -0.2) is 9.18 Å². The maximum Gasteiger partial charge on any atom is 0.339 e. The van der Waals surface area contributed by atoms with Crippen LogP contribution in [-0.2, 0) is 9.47 Å². The number of esters is 1. The summed E-state index contributed by atoms with van der Waals surface area (Å²) in [5.74, 6) is -0.852. The fourth-order valence-electron chi connectivity index (χ4n) is 1.48. The van der Waals surface area contributed by atoms with Crippen molar-refractivity contribution in [1.29, 1.82) is 0 Å². The molecule has 0 N–H and O–H groups in total. The molecule has 1 aromatic rings. The quantitative estimate of drug-likeness (QED) is 0.785. The van der Waals surface area contributed by atoms with E-state index in [1.807, 2.05) is 0 Å². The predicted molar refractivity (Wildman–Crippen MR) is 58.7 cm³/mol. The summed E-state index contributed by atoms with van der Waals surface area (Å²) in [5, 5.41) is 0. The largest absolute Gasteiger partial charge is 0.456 e. The molecule has 1 saturated heterocycles. The predicted octanol–water partition coefficient (Wildman–Crippen LogP) is 2.53. The molecule has 1 aromatic carbocycles. The lowest BCUT2D eigenvalue weighted by Gasteiger charge is -2.10. The highest BCUT2D eigenvalue weighted by molar-refractivity contribution is 9.10. The summed E-state index contributed by atoms with van der Waals surface area (Å²) in [7, 11) is 0. The molecule has 2 rings (SSSR count). The fourth-order valence-corrected chi connectivity index (χ4v) is 1.99. The Kier molecular flexibility index (Phi) is 3.56. The van der Waals surface area contributed by atoms with Crippen LogP contribution < -0.4 is 0 Å². The number of carbonyl (C=O) groups excluding carboxylic acids is 1. The van der Waals surface area contributed by atoms with Crippen LogP contribution in [0.4, 0.5) is 4.39 Å². The molecule has 1 unspecified atom stereocenters. The normalized spacial score (nSPS) is 19.8. The van der Waals surface area contributed by atoms with Gasteiger partial charge in [0.1, 0.15) is 11.9 Å². The molecule has 5 heteroatoms. The van der Waals surface area contributed by atoms with Crippen LogP contribution >= 0.6 is 15.9 Å². The van der Waals surface area contributed by atoms with Crippen molar-refractivity contribution in [3.8, 4) is 0 Å². The summed E-state index contributed by atoms with van der Waals surface area (Å²) < 4.78 is 23.5. The highest BCUT2D eigenvalue weighted by Gasteiger charge is 2.22. The zero-order valence-electron chi connectivity index (χ0n) is 8.41. The minimum Gasteiger partial charge on any atom is -0.456 e. The highest BCUT2D eigenvalue weighted by Crippen LogP contribution is 2.20. The summed E-state index contributed by atoms with van der Waals surface area (Å²) in [6.45, 7) is 1.05. The van der Waals surface area contributed by atoms with Crippen molar-refractivity contribution in [3.05, 3.63) is 34.1 Å². The van der Waals surface area contributed by atoms with Crippen LogP contribution in [0.1, 0.15) is 16.8 Å². The summed E-state index contributed by atoms with van der Waals surface area (Å²) in [5.41, 5.74) is 0.327. The van der Waals surface area contributed by atoms with Gasteiger partial charge in [-0.2, -0.15) is 0 Å². The number of rotatable bonds is 2.